The summed E-state index contributed by atoms with van der Waals surface area (Å²) >= 11 is 1.63. The lowest BCUT2D eigenvalue weighted by Gasteiger charge is -2.11. The van der Waals surface area contributed by atoms with Crippen molar-refractivity contribution in [3.05, 3.63) is 16.1 Å². The molecule has 6 nitrogen and oxygen atoms in total. The molecule has 1 aromatic heterocycles. The van der Waals surface area contributed by atoms with Gasteiger partial charge >= 0.3 is 5.97 Å². The minimum atomic E-state index is -1.01. The number of thiazole rings is 1. The van der Waals surface area contributed by atoms with Crippen LogP contribution in [0.15, 0.2) is 5.38 Å². The second kappa shape index (κ2) is 7.00. The highest BCUT2D eigenvalue weighted by molar-refractivity contribution is 7.09. The maximum Gasteiger partial charge on any atom is 0.332 e. The number of hydrogen-bond acceptors (Lipinski definition) is 5. The number of hydrogen-bond donors (Lipinski definition) is 2. The molecule has 0 unspecified atom stereocenters. The number of aromatic nitrogens is 1. The first kappa shape index (κ1) is 15.9. The second-order valence-corrected chi connectivity index (χ2v) is 6.29. The molecule has 1 saturated heterocycles. The number of aliphatic carboxylic acids is 1. The number of carbonyl (C=O) groups is 2. The fourth-order valence-electron chi connectivity index (χ4n) is 2.14. The van der Waals surface area contributed by atoms with Crippen LogP contribution in [0.2, 0.25) is 0 Å². The van der Waals surface area contributed by atoms with E-state index in [-0.39, 0.29) is 5.91 Å². The zero-order chi connectivity index (χ0) is 15.4. The zero-order valence-electron chi connectivity index (χ0n) is 12.2. The summed E-state index contributed by atoms with van der Waals surface area (Å²) in [6, 6.07) is 0. The number of carboxylic acid groups (broad SMARTS) is 1. The molecule has 1 fully saturated rings. The van der Waals surface area contributed by atoms with E-state index in [4.69, 9.17) is 9.84 Å². The minimum absolute atomic E-state index is 0.238. The fraction of sp³-hybridized carbons (Fsp3) is 0.643. The Morgan fingerprint density at radius 2 is 2.19 bits per heavy atom. The summed E-state index contributed by atoms with van der Waals surface area (Å²) in [6.07, 6.45) is 0.0128. The molecular weight excluding hydrogens is 292 g/mol. The average Bonchev–Trinajstić information content (AvgIpc) is 3.07. The molecule has 21 heavy (non-hydrogen) atoms. The Labute approximate surface area is 127 Å². The summed E-state index contributed by atoms with van der Waals surface area (Å²) in [5.74, 6) is -0.828. The van der Waals surface area contributed by atoms with Gasteiger partial charge in [-0.25, -0.2) is 9.78 Å². The number of ether oxygens (including phenoxy) is 1. The molecule has 7 heteroatoms. The summed E-state index contributed by atoms with van der Waals surface area (Å²) in [5, 5.41) is 14.7. The summed E-state index contributed by atoms with van der Waals surface area (Å²) < 4.78 is 5.20. The van der Waals surface area contributed by atoms with Gasteiger partial charge in [0.05, 0.1) is 10.7 Å². The van der Waals surface area contributed by atoms with Crippen LogP contribution < -0.4 is 5.32 Å². The second-order valence-electron chi connectivity index (χ2n) is 5.40. The average molecular weight is 312 g/mol. The highest BCUT2D eigenvalue weighted by atomic mass is 32.1. The molecule has 1 aliphatic heterocycles. The summed E-state index contributed by atoms with van der Waals surface area (Å²) in [7, 11) is 0. The van der Waals surface area contributed by atoms with E-state index in [1.807, 2.05) is 5.38 Å². The molecule has 2 atom stereocenters. The molecule has 116 valence electrons. The Kier molecular flexibility index (Phi) is 5.30. The highest BCUT2D eigenvalue weighted by Gasteiger charge is 2.34. The van der Waals surface area contributed by atoms with Crippen molar-refractivity contribution < 1.29 is 19.4 Å². The van der Waals surface area contributed by atoms with Gasteiger partial charge in [0, 0.05) is 24.3 Å². The largest absolute Gasteiger partial charge is 0.479 e. The standard InChI is InChI=1S/C14H20N2O4S/c1-8(2)13-16-9(7-21-13)5-6-15-12(17)10-3-4-11(20-10)14(18)19/h7-8,10-11H,3-6H2,1-2H3,(H,15,17)(H,18,19)/t10-,11+/m0/s1. The van der Waals surface area contributed by atoms with Crippen molar-refractivity contribution in [2.24, 2.45) is 0 Å². The SMILES string of the molecule is CC(C)c1nc(CCNC(=O)[C@@H]2CC[C@H](C(=O)O)O2)cs1. The van der Waals surface area contributed by atoms with Gasteiger partial charge in [-0.15, -0.1) is 11.3 Å². The van der Waals surface area contributed by atoms with Crippen molar-refractivity contribution in [3.8, 4) is 0 Å². The molecule has 2 N–H and O–H groups in total. The summed E-state index contributed by atoms with van der Waals surface area (Å²) in [5.41, 5.74) is 0.972. The van der Waals surface area contributed by atoms with Gasteiger partial charge < -0.3 is 15.2 Å². The van der Waals surface area contributed by atoms with Gasteiger partial charge in [0.25, 0.3) is 0 Å². The third kappa shape index (κ3) is 4.25. The minimum Gasteiger partial charge on any atom is -0.479 e. The van der Waals surface area contributed by atoms with Gasteiger partial charge in [0.1, 0.15) is 6.10 Å². The van der Waals surface area contributed by atoms with E-state index < -0.39 is 18.2 Å². The van der Waals surface area contributed by atoms with Gasteiger partial charge in [0.15, 0.2) is 6.10 Å². The van der Waals surface area contributed by atoms with Crippen molar-refractivity contribution in [2.75, 3.05) is 6.54 Å². The Balaban J connectivity index is 1.73. The topological polar surface area (TPSA) is 88.5 Å². The molecule has 1 aliphatic rings. The molecule has 2 heterocycles. The third-order valence-corrected chi connectivity index (χ3v) is 4.53. The molecule has 0 spiro atoms. The van der Waals surface area contributed by atoms with E-state index in [0.717, 1.165) is 10.7 Å². The first-order valence-corrected chi connectivity index (χ1v) is 7.95. The number of rotatable bonds is 6. The smallest absolute Gasteiger partial charge is 0.332 e. The third-order valence-electron chi connectivity index (χ3n) is 3.33. The van der Waals surface area contributed by atoms with E-state index in [2.05, 4.69) is 24.1 Å². The van der Waals surface area contributed by atoms with E-state index in [0.29, 0.717) is 31.7 Å². The first-order chi connectivity index (χ1) is 9.97. The maximum atomic E-state index is 11.9. The molecule has 0 aromatic carbocycles. The van der Waals surface area contributed by atoms with Crippen molar-refractivity contribution in [2.45, 2.75) is 51.2 Å². The van der Waals surface area contributed by atoms with Crippen LogP contribution in [0.25, 0.3) is 0 Å². The number of nitrogens with one attached hydrogen (secondary N) is 1. The van der Waals surface area contributed by atoms with Crippen LogP contribution in [-0.4, -0.2) is 40.7 Å². The fourth-order valence-corrected chi connectivity index (χ4v) is 3.01. The summed E-state index contributed by atoms with van der Waals surface area (Å²) in [6.45, 7) is 4.68. The molecular formula is C14H20N2O4S. The van der Waals surface area contributed by atoms with Crippen LogP contribution in [-0.2, 0) is 20.7 Å². The van der Waals surface area contributed by atoms with Crippen molar-refractivity contribution in [1.29, 1.82) is 0 Å². The summed E-state index contributed by atoms with van der Waals surface area (Å²) in [4.78, 5) is 27.1. The van der Waals surface area contributed by atoms with Gasteiger partial charge in [-0.05, 0) is 12.8 Å². The number of carboxylic acids is 1. The normalized spacial score (nSPS) is 21.7. The molecule has 2 rings (SSSR count). The molecule has 0 bridgehead atoms. The predicted molar refractivity (Wildman–Crippen MR) is 78.4 cm³/mol. The number of carbonyl (C=O) groups excluding carboxylic acids is 1. The van der Waals surface area contributed by atoms with Crippen LogP contribution in [0, 0.1) is 0 Å². The van der Waals surface area contributed by atoms with Crippen LogP contribution >= 0.6 is 11.3 Å². The predicted octanol–water partition coefficient (Wildman–Crippen LogP) is 1.56. The van der Waals surface area contributed by atoms with E-state index in [1.165, 1.54) is 0 Å². The Morgan fingerprint density at radius 1 is 1.48 bits per heavy atom. The lowest BCUT2D eigenvalue weighted by Crippen LogP contribution is -2.36. The lowest BCUT2D eigenvalue weighted by molar-refractivity contribution is -0.151. The van der Waals surface area contributed by atoms with Gasteiger partial charge in [-0.1, -0.05) is 13.8 Å². The van der Waals surface area contributed by atoms with Crippen LogP contribution in [0.5, 0.6) is 0 Å². The molecule has 0 radical (unpaired) electrons. The molecule has 1 amide bonds. The Hall–Kier alpha value is -1.47. The molecule has 1 aromatic rings. The highest BCUT2D eigenvalue weighted by Crippen LogP contribution is 2.20. The number of nitrogens with zero attached hydrogens (tertiary/aromatic N) is 1. The Morgan fingerprint density at radius 3 is 2.76 bits per heavy atom. The van der Waals surface area contributed by atoms with E-state index >= 15 is 0 Å². The van der Waals surface area contributed by atoms with Crippen molar-refractivity contribution >= 4 is 23.2 Å². The maximum absolute atomic E-state index is 11.9. The van der Waals surface area contributed by atoms with Crippen molar-refractivity contribution in [3.63, 3.8) is 0 Å². The van der Waals surface area contributed by atoms with Gasteiger partial charge in [-0.3, -0.25) is 4.79 Å². The van der Waals surface area contributed by atoms with Gasteiger partial charge in [-0.2, -0.15) is 0 Å². The van der Waals surface area contributed by atoms with E-state index in [9.17, 15) is 9.59 Å². The lowest BCUT2D eigenvalue weighted by atomic mass is 10.2. The number of amides is 1. The van der Waals surface area contributed by atoms with E-state index in [1.54, 1.807) is 11.3 Å². The zero-order valence-corrected chi connectivity index (χ0v) is 13.0. The van der Waals surface area contributed by atoms with Gasteiger partial charge in [0.2, 0.25) is 5.91 Å². The van der Waals surface area contributed by atoms with Crippen molar-refractivity contribution in [1.82, 2.24) is 10.3 Å². The molecule has 0 saturated carbocycles. The Bertz CT molecular complexity index is 515. The quantitative estimate of drug-likeness (QED) is 0.832. The first-order valence-electron chi connectivity index (χ1n) is 7.07. The monoisotopic (exact) mass is 312 g/mol. The van der Waals surface area contributed by atoms with Crippen LogP contribution in [0.4, 0.5) is 0 Å². The van der Waals surface area contributed by atoms with Crippen LogP contribution in [0.3, 0.4) is 0 Å². The molecule has 0 aliphatic carbocycles. The van der Waals surface area contributed by atoms with Crippen LogP contribution in [0.1, 0.15) is 43.3 Å².